The van der Waals surface area contributed by atoms with Gasteiger partial charge in [0.1, 0.15) is 0 Å². The smallest absolute Gasteiger partial charge is 0.251 e. The average Bonchev–Trinajstić information content (AvgIpc) is 2.54. The number of hydrogen-bond donors (Lipinski definition) is 1. The number of nitriles is 1. The largest absolute Gasteiger partial charge is 0.345 e. The molecule has 3 nitrogen and oxygen atoms in total. The SMILES string of the molecule is CC1(C)Cc2ccc(C#N)cc2C(NC(=O)c2ccccc2)C1. The zero-order valence-corrected chi connectivity index (χ0v) is 13.5. The van der Waals surface area contributed by atoms with Crippen molar-refractivity contribution in [3.05, 3.63) is 70.8 Å². The lowest BCUT2D eigenvalue weighted by Crippen LogP contribution is -2.36. The lowest BCUT2D eigenvalue weighted by molar-refractivity contribution is 0.0919. The standard InChI is InChI=1S/C20H20N2O/c1-20(2)11-16-9-8-14(13-21)10-17(16)18(12-20)22-19(23)15-6-4-3-5-7-15/h3-10,18H,11-12H2,1-2H3,(H,22,23). The van der Waals surface area contributed by atoms with Crippen molar-refractivity contribution in [1.82, 2.24) is 5.32 Å². The first-order valence-electron chi connectivity index (χ1n) is 7.87. The van der Waals surface area contributed by atoms with E-state index in [4.69, 9.17) is 5.26 Å². The summed E-state index contributed by atoms with van der Waals surface area (Å²) in [4.78, 5) is 12.5. The normalized spacial score (nSPS) is 18.6. The summed E-state index contributed by atoms with van der Waals surface area (Å²) in [5, 5.41) is 12.3. The van der Waals surface area contributed by atoms with Crippen molar-refractivity contribution in [3.63, 3.8) is 0 Å². The number of carbonyl (C=O) groups is 1. The van der Waals surface area contributed by atoms with Gasteiger partial charge in [0.05, 0.1) is 17.7 Å². The first kappa shape index (κ1) is 15.3. The Bertz CT molecular complexity index is 772. The second-order valence-electron chi connectivity index (χ2n) is 6.96. The highest BCUT2D eigenvalue weighted by molar-refractivity contribution is 5.94. The quantitative estimate of drug-likeness (QED) is 0.911. The maximum Gasteiger partial charge on any atom is 0.251 e. The van der Waals surface area contributed by atoms with E-state index in [1.54, 1.807) is 0 Å². The second kappa shape index (κ2) is 5.89. The van der Waals surface area contributed by atoms with Crippen LogP contribution in [0.2, 0.25) is 0 Å². The zero-order chi connectivity index (χ0) is 16.4. The summed E-state index contributed by atoms with van der Waals surface area (Å²) >= 11 is 0. The molecule has 1 aliphatic rings. The third-order valence-electron chi connectivity index (χ3n) is 4.42. The lowest BCUT2D eigenvalue weighted by atomic mass is 9.71. The fraction of sp³-hybridized carbons (Fsp3) is 0.300. The summed E-state index contributed by atoms with van der Waals surface area (Å²) < 4.78 is 0. The molecule has 1 amide bonds. The van der Waals surface area contributed by atoms with E-state index in [0.29, 0.717) is 11.1 Å². The molecule has 1 unspecified atom stereocenters. The molecular formula is C20H20N2O. The van der Waals surface area contributed by atoms with Gasteiger partial charge in [0.2, 0.25) is 0 Å². The molecule has 2 aromatic carbocycles. The Morgan fingerprint density at radius 3 is 2.65 bits per heavy atom. The topological polar surface area (TPSA) is 52.9 Å². The van der Waals surface area contributed by atoms with Gasteiger partial charge in [-0.05, 0) is 53.6 Å². The molecule has 0 saturated carbocycles. The van der Waals surface area contributed by atoms with Gasteiger partial charge in [-0.2, -0.15) is 5.26 Å². The van der Waals surface area contributed by atoms with Crippen LogP contribution < -0.4 is 5.32 Å². The first-order valence-corrected chi connectivity index (χ1v) is 7.87. The van der Waals surface area contributed by atoms with Crippen molar-refractivity contribution in [2.45, 2.75) is 32.7 Å². The van der Waals surface area contributed by atoms with Gasteiger partial charge in [-0.3, -0.25) is 4.79 Å². The molecule has 0 bridgehead atoms. The molecule has 1 N–H and O–H groups in total. The van der Waals surface area contributed by atoms with E-state index < -0.39 is 0 Å². The Hall–Kier alpha value is -2.60. The number of carbonyl (C=O) groups excluding carboxylic acids is 1. The molecule has 3 heteroatoms. The second-order valence-corrected chi connectivity index (χ2v) is 6.96. The molecule has 2 aromatic rings. The third kappa shape index (κ3) is 3.27. The Morgan fingerprint density at radius 2 is 1.96 bits per heavy atom. The summed E-state index contributed by atoms with van der Waals surface area (Å²) in [6, 6.07) is 17.2. The van der Waals surface area contributed by atoms with Gasteiger partial charge in [-0.15, -0.1) is 0 Å². The van der Waals surface area contributed by atoms with Crippen molar-refractivity contribution in [2.24, 2.45) is 5.41 Å². The minimum atomic E-state index is -0.0680. The molecule has 116 valence electrons. The van der Waals surface area contributed by atoms with E-state index in [2.05, 4.69) is 25.2 Å². The van der Waals surface area contributed by atoms with E-state index in [1.807, 2.05) is 48.5 Å². The maximum absolute atomic E-state index is 12.5. The van der Waals surface area contributed by atoms with Gasteiger partial charge in [-0.25, -0.2) is 0 Å². The molecule has 0 aliphatic heterocycles. The van der Waals surface area contributed by atoms with Crippen molar-refractivity contribution < 1.29 is 4.79 Å². The summed E-state index contributed by atoms with van der Waals surface area (Å²) in [6.07, 6.45) is 1.83. The van der Waals surface area contributed by atoms with Gasteiger partial charge in [0.25, 0.3) is 5.91 Å². The summed E-state index contributed by atoms with van der Waals surface area (Å²) in [6.45, 7) is 4.44. The molecule has 0 aromatic heterocycles. The number of amides is 1. The van der Waals surface area contributed by atoms with E-state index in [-0.39, 0.29) is 17.4 Å². The highest BCUT2D eigenvalue weighted by atomic mass is 16.1. The predicted octanol–water partition coefficient (Wildman–Crippen LogP) is 4.00. The molecule has 23 heavy (non-hydrogen) atoms. The Balaban J connectivity index is 1.93. The first-order chi connectivity index (χ1) is 11.0. The van der Waals surface area contributed by atoms with Gasteiger partial charge in [0, 0.05) is 5.56 Å². The van der Waals surface area contributed by atoms with Crippen LogP contribution in [0.1, 0.15) is 53.4 Å². The van der Waals surface area contributed by atoms with Crippen LogP contribution in [0.4, 0.5) is 0 Å². The van der Waals surface area contributed by atoms with Crippen LogP contribution in [0.15, 0.2) is 48.5 Å². The van der Waals surface area contributed by atoms with Crippen LogP contribution in [-0.4, -0.2) is 5.91 Å². The fourth-order valence-corrected chi connectivity index (χ4v) is 3.36. The van der Waals surface area contributed by atoms with Crippen molar-refractivity contribution in [2.75, 3.05) is 0 Å². The van der Waals surface area contributed by atoms with E-state index in [9.17, 15) is 4.79 Å². The molecule has 0 radical (unpaired) electrons. The van der Waals surface area contributed by atoms with Gasteiger partial charge in [0.15, 0.2) is 0 Å². The predicted molar refractivity (Wildman–Crippen MR) is 89.9 cm³/mol. The number of benzene rings is 2. The Labute approximate surface area is 137 Å². The minimum absolute atomic E-state index is 0.0604. The van der Waals surface area contributed by atoms with Crippen molar-refractivity contribution in [3.8, 4) is 6.07 Å². The maximum atomic E-state index is 12.5. The van der Waals surface area contributed by atoms with Crippen LogP contribution in [0.3, 0.4) is 0 Å². The van der Waals surface area contributed by atoms with E-state index in [0.717, 1.165) is 18.4 Å². The highest BCUT2D eigenvalue weighted by Gasteiger charge is 2.33. The summed E-state index contributed by atoms with van der Waals surface area (Å²) in [5.41, 5.74) is 3.72. The molecule has 1 atom stereocenters. The zero-order valence-electron chi connectivity index (χ0n) is 13.5. The fourth-order valence-electron chi connectivity index (χ4n) is 3.36. The number of nitrogens with one attached hydrogen (secondary N) is 1. The van der Waals surface area contributed by atoms with Gasteiger partial charge in [-0.1, -0.05) is 38.1 Å². The average molecular weight is 304 g/mol. The monoisotopic (exact) mass is 304 g/mol. The van der Waals surface area contributed by atoms with E-state index >= 15 is 0 Å². The minimum Gasteiger partial charge on any atom is -0.345 e. The van der Waals surface area contributed by atoms with Gasteiger partial charge < -0.3 is 5.32 Å². The number of nitrogens with zero attached hydrogens (tertiary/aromatic N) is 1. The summed E-state index contributed by atoms with van der Waals surface area (Å²) in [7, 11) is 0. The van der Waals surface area contributed by atoms with Crippen LogP contribution in [0, 0.1) is 16.7 Å². The number of rotatable bonds is 2. The van der Waals surface area contributed by atoms with Crippen LogP contribution in [0.25, 0.3) is 0 Å². The third-order valence-corrected chi connectivity index (χ3v) is 4.42. The molecule has 3 rings (SSSR count). The summed E-state index contributed by atoms with van der Waals surface area (Å²) in [5.74, 6) is -0.0680. The molecule has 0 heterocycles. The van der Waals surface area contributed by atoms with Crippen LogP contribution >= 0.6 is 0 Å². The van der Waals surface area contributed by atoms with Crippen LogP contribution in [0.5, 0.6) is 0 Å². The van der Waals surface area contributed by atoms with Crippen LogP contribution in [-0.2, 0) is 6.42 Å². The van der Waals surface area contributed by atoms with Crippen molar-refractivity contribution >= 4 is 5.91 Å². The lowest BCUT2D eigenvalue weighted by Gasteiger charge is -2.37. The van der Waals surface area contributed by atoms with Gasteiger partial charge >= 0.3 is 0 Å². The Morgan fingerprint density at radius 1 is 1.22 bits per heavy atom. The molecule has 0 fully saturated rings. The Kier molecular flexibility index (Phi) is 3.92. The molecule has 1 aliphatic carbocycles. The molecule has 0 saturated heterocycles. The number of hydrogen-bond acceptors (Lipinski definition) is 2. The number of fused-ring (bicyclic) bond motifs is 1. The molecular weight excluding hydrogens is 284 g/mol. The van der Waals surface area contributed by atoms with Crippen molar-refractivity contribution in [1.29, 1.82) is 5.26 Å². The highest BCUT2D eigenvalue weighted by Crippen LogP contribution is 2.41. The van der Waals surface area contributed by atoms with E-state index in [1.165, 1.54) is 5.56 Å². The molecule has 0 spiro atoms.